The van der Waals surface area contributed by atoms with Crippen LogP contribution in [0.1, 0.15) is 43.7 Å². The van der Waals surface area contributed by atoms with Crippen LogP contribution in [0.3, 0.4) is 0 Å². The Morgan fingerprint density at radius 3 is 2.57 bits per heavy atom. The molecule has 0 fully saturated rings. The van der Waals surface area contributed by atoms with Gasteiger partial charge in [-0.2, -0.15) is 5.26 Å². The summed E-state index contributed by atoms with van der Waals surface area (Å²) in [6.45, 7) is 4.12. The number of carbonyl (C=O) groups excluding carboxylic acids is 1. The van der Waals surface area contributed by atoms with Crippen molar-refractivity contribution in [3.05, 3.63) is 78.8 Å². The van der Waals surface area contributed by atoms with Crippen molar-refractivity contribution in [3.8, 4) is 17.6 Å². The minimum atomic E-state index is -0.676. The second-order valence-corrected chi connectivity index (χ2v) is 10.9. The topological polar surface area (TPSA) is 94.6 Å². The summed E-state index contributed by atoms with van der Waals surface area (Å²) in [5.74, 6) is 0.614. The SMILES string of the molecule is COc1cc(C2C(C#N)=C(N)OC3=C2C(=O)CC(C)(C)C3)cc(Br)c1OCc1c(Cl)cccc1Cl. The van der Waals surface area contributed by atoms with E-state index < -0.39 is 5.92 Å². The molecular formula is C26H23BrCl2N2O4. The molecule has 1 unspecified atom stereocenters. The number of nitriles is 1. The molecule has 0 amide bonds. The number of ketones is 1. The van der Waals surface area contributed by atoms with Gasteiger partial charge in [-0.3, -0.25) is 4.79 Å². The van der Waals surface area contributed by atoms with Gasteiger partial charge in [0.05, 0.1) is 17.5 Å². The van der Waals surface area contributed by atoms with Gasteiger partial charge >= 0.3 is 0 Å². The standard InChI is InChI=1S/C26H23BrCl2N2O4/c1-26(2)9-19(32)23-21(10-26)35-25(31)14(11-30)22(23)13-7-16(27)24(20(8-13)33-3)34-12-15-17(28)5-4-6-18(15)29/h4-8,22H,9-10,12,31H2,1-3H3. The number of Topliss-reactive ketones (excluding diaryl/α,β-unsaturated/α-hetero) is 1. The van der Waals surface area contributed by atoms with Crippen LogP contribution in [-0.4, -0.2) is 12.9 Å². The molecule has 0 saturated heterocycles. The summed E-state index contributed by atoms with van der Waals surface area (Å²) in [6.07, 6.45) is 0.893. The van der Waals surface area contributed by atoms with Crippen molar-refractivity contribution in [2.24, 2.45) is 11.1 Å². The first-order chi connectivity index (χ1) is 16.6. The first kappa shape index (κ1) is 25.4. The zero-order valence-electron chi connectivity index (χ0n) is 19.4. The van der Waals surface area contributed by atoms with Gasteiger partial charge in [-0.25, -0.2) is 0 Å². The summed E-state index contributed by atoms with van der Waals surface area (Å²) < 4.78 is 18.0. The van der Waals surface area contributed by atoms with Crippen LogP contribution in [0.25, 0.3) is 0 Å². The van der Waals surface area contributed by atoms with E-state index in [1.54, 1.807) is 30.3 Å². The van der Waals surface area contributed by atoms with Gasteiger partial charge in [-0.05, 0) is 51.2 Å². The van der Waals surface area contributed by atoms with Crippen LogP contribution in [0.5, 0.6) is 11.5 Å². The fraction of sp³-hybridized carbons (Fsp3) is 0.308. The Balaban J connectivity index is 1.77. The minimum absolute atomic E-state index is 0.00512. The van der Waals surface area contributed by atoms with Crippen molar-refractivity contribution in [1.29, 1.82) is 5.26 Å². The van der Waals surface area contributed by atoms with Crippen molar-refractivity contribution in [2.45, 2.75) is 39.2 Å². The number of nitrogens with zero attached hydrogens (tertiary/aromatic N) is 1. The summed E-state index contributed by atoms with van der Waals surface area (Å²) >= 11 is 16.1. The largest absolute Gasteiger partial charge is 0.493 e. The summed E-state index contributed by atoms with van der Waals surface area (Å²) in [5, 5.41) is 10.9. The minimum Gasteiger partial charge on any atom is -0.493 e. The molecule has 35 heavy (non-hydrogen) atoms. The Hall–Kier alpha value is -2.66. The number of halogens is 3. The molecule has 1 heterocycles. The molecule has 182 valence electrons. The second-order valence-electron chi connectivity index (χ2n) is 9.23. The molecule has 0 spiro atoms. The van der Waals surface area contributed by atoms with Gasteiger partial charge in [0.25, 0.3) is 0 Å². The third-order valence-corrected chi connectivity index (χ3v) is 7.38. The first-order valence-corrected chi connectivity index (χ1v) is 12.4. The second kappa shape index (κ2) is 9.77. The zero-order chi connectivity index (χ0) is 25.5. The van der Waals surface area contributed by atoms with Crippen molar-refractivity contribution < 1.29 is 19.0 Å². The molecular weight excluding hydrogens is 555 g/mol. The first-order valence-electron chi connectivity index (χ1n) is 10.8. The van der Waals surface area contributed by atoms with Gasteiger partial charge in [0, 0.05) is 34.0 Å². The number of rotatable bonds is 5. The monoisotopic (exact) mass is 576 g/mol. The van der Waals surface area contributed by atoms with Gasteiger partial charge in [-0.15, -0.1) is 0 Å². The molecule has 4 rings (SSSR count). The van der Waals surface area contributed by atoms with E-state index >= 15 is 0 Å². The summed E-state index contributed by atoms with van der Waals surface area (Å²) in [6, 6.07) is 10.9. The highest BCUT2D eigenvalue weighted by Gasteiger charge is 2.43. The highest BCUT2D eigenvalue weighted by atomic mass is 79.9. The number of nitrogens with two attached hydrogens (primary N) is 1. The molecule has 2 aromatic carbocycles. The quantitative estimate of drug-likeness (QED) is 0.420. The van der Waals surface area contributed by atoms with Crippen LogP contribution in [0.15, 0.2) is 57.6 Å². The van der Waals surface area contributed by atoms with E-state index in [-0.39, 0.29) is 29.3 Å². The van der Waals surface area contributed by atoms with Gasteiger partial charge in [0.15, 0.2) is 17.3 Å². The molecule has 1 aliphatic heterocycles. The number of benzene rings is 2. The smallest absolute Gasteiger partial charge is 0.205 e. The average molecular weight is 578 g/mol. The molecule has 2 aliphatic rings. The molecule has 2 aromatic rings. The summed E-state index contributed by atoms with van der Waals surface area (Å²) in [5.41, 5.74) is 7.81. The normalized spacial score (nSPS) is 19.1. The van der Waals surface area contributed by atoms with Crippen molar-refractivity contribution in [3.63, 3.8) is 0 Å². The number of allylic oxidation sites excluding steroid dienone is 3. The lowest BCUT2D eigenvalue weighted by Gasteiger charge is -2.37. The Bertz CT molecular complexity index is 1310. The van der Waals surface area contributed by atoms with E-state index in [1.807, 2.05) is 13.8 Å². The summed E-state index contributed by atoms with van der Waals surface area (Å²) in [4.78, 5) is 13.2. The molecule has 6 nitrogen and oxygen atoms in total. The van der Waals surface area contributed by atoms with E-state index in [0.717, 1.165) is 0 Å². The molecule has 1 aliphatic carbocycles. The van der Waals surface area contributed by atoms with Gasteiger partial charge in [0.2, 0.25) is 5.88 Å². The van der Waals surface area contributed by atoms with E-state index in [0.29, 0.717) is 61.3 Å². The van der Waals surface area contributed by atoms with E-state index in [2.05, 4.69) is 22.0 Å². The van der Waals surface area contributed by atoms with Crippen molar-refractivity contribution in [1.82, 2.24) is 0 Å². The fourth-order valence-corrected chi connectivity index (χ4v) is 5.56. The summed E-state index contributed by atoms with van der Waals surface area (Å²) in [7, 11) is 1.51. The van der Waals surface area contributed by atoms with E-state index in [9.17, 15) is 10.1 Å². The number of hydrogen-bond acceptors (Lipinski definition) is 6. The zero-order valence-corrected chi connectivity index (χ0v) is 22.5. The van der Waals surface area contributed by atoms with E-state index in [1.165, 1.54) is 7.11 Å². The van der Waals surface area contributed by atoms with Crippen molar-refractivity contribution >= 4 is 44.9 Å². The number of hydrogen-bond donors (Lipinski definition) is 1. The van der Waals surface area contributed by atoms with Crippen LogP contribution in [0, 0.1) is 16.7 Å². The highest BCUT2D eigenvalue weighted by molar-refractivity contribution is 9.10. The molecule has 9 heteroatoms. The average Bonchev–Trinajstić information content (AvgIpc) is 2.77. The lowest BCUT2D eigenvalue weighted by Crippen LogP contribution is -2.33. The maximum Gasteiger partial charge on any atom is 0.205 e. The molecule has 0 bridgehead atoms. The Morgan fingerprint density at radius 2 is 1.94 bits per heavy atom. The van der Waals surface area contributed by atoms with Crippen LogP contribution in [0.2, 0.25) is 10.0 Å². The van der Waals surface area contributed by atoms with Crippen LogP contribution < -0.4 is 15.2 Å². The van der Waals surface area contributed by atoms with Gasteiger partial charge in [0.1, 0.15) is 24.0 Å². The molecule has 0 radical (unpaired) electrons. The third-order valence-electron chi connectivity index (χ3n) is 6.08. The number of methoxy groups -OCH3 is 1. The third kappa shape index (κ3) is 4.88. The fourth-order valence-electron chi connectivity index (χ4n) is 4.48. The lowest BCUT2D eigenvalue weighted by atomic mass is 9.70. The molecule has 0 aromatic heterocycles. The molecule has 2 N–H and O–H groups in total. The Kier molecular flexibility index (Phi) is 7.10. The molecule has 1 atom stereocenters. The van der Waals surface area contributed by atoms with Crippen LogP contribution >= 0.6 is 39.1 Å². The van der Waals surface area contributed by atoms with Gasteiger partial charge in [-0.1, -0.05) is 43.1 Å². The van der Waals surface area contributed by atoms with Crippen LogP contribution in [-0.2, 0) is 16.1 Å². The Morgan fingerprint density at radius 1 is 1.26 bits per heavy atom. The van der Waals surface area contributed by atoms with Gasteiger partial charge < -0.3 is 19.9 Å². The van der Waals surface area contributed by atoms with E-state index in [4.69, 9.17) is 43.1 Å². The Labute approximate surface area is 222 Å². The predicted octanol–water partition coefficient (Wildman–Crippen LogP) is 6.79. The van der Waals surface area contributed by atoms with Crippen LogP contribution in [0.4, 0.5) is 0 Å². The number of carbonyl (C=O) groups is 1. The highest BCUT2D eigenvalue weighted by Crippen LogP contribution is 2.50. The predicted molar refractivity (Wildman–Crippen MR) is 137 cm³/mol. The maximum atomic E-state index is 13.2. The number of ether oxygens (including phenoxy) is 3. The lowest BCUT2D eigenvalue weighted by molar-refractivity contribution is -0.119. The van der Waals surface area contributed by atoms with Crippen molar-refractivity contribution in [2.75, 3.05) is 7.11 Å². The maximum absolute atomic E-state index is 13.2. The molecule has 0 saturated carbocycles.